The molecule has 9 heteroatoms. The van der Waals surface area contributed by atoms with Crippen LogP contribution in [0.15, 0.2) is 73.1 Å². The van der Waals surface area contributed by atoms with E-state index < -0.39 is 11.7 Å². The van der Waals surface area contributed by atoms with E-state index in [0.29, 0.717) is 23.8 Å². The minimum absolute atomic E-state index is 0.238. The number of carbonyl (C=O) groups excluding carboxylic acids is 2. The molecule has 3 heterocycles. The molecular formula is C25H20FN5O3. The van der Waals surface area contributed by atoms with E-state index in [9.17, 15) is 14.0 Å². The van der Waals surface area contributed by atoms with Crippen molar-refractivity contribution in [2.24, 2.45) is 0 Å². The number of carbonyl (C=O) groups is 2. The molecule has 0 spiro atoms. The number of anilines is 1. The molecule has 4 aromatic rings. The zero-order valence-corrected chi connectivity index (χ0v) is 18.2. The summed E-state index contributed by atoms with van der Waals surface area (Å²) in [4.78, 5) is 30.0. The Morgan fingerprint density at radius 2 is 1.76 bits per heavy atom. The van der Waals surface area contributed by atoms with Gasteiger partial charge in [0.05, 0.1) is 25.8 Å². The Bertz CT molecular complexity index is 1370. The van der Waals surface area contributed by atoms with Crippen LogP contribution in [-0.4, -0.2) is 45.1 Å². The summed E-state index contributed by atoms with van der Waals surface area (Å²) in [5.41, 5.74) is 6.21. The molecule has 0 unspecified atom stereocenters. The van der Waals surface area contributed by atoms with Crippen LogP contribution in [0.4, 0.5) is 10.2 Å². The van der Waals surface area contributed by atoms with Gasteiger partial charge in [0.1, 0.15) is 17.3 Å². The highest BCUT2D eigenvalue weighted by molar-refractivity contribution is 6.43. The van der Waals surface area contributed by atoms with Crippen molar-refractivity contribution in [1.82, 2.24) is 19.8 Å². The predicted octanol–water partition coefficient (Wildman–Crippen LogP) is 3.81. The quantitative estimate of drug-likeness (QED) is 0.362. The Kier molecular flexibility index (Phi) is 5.51. The van der Waals surface area contributed by atoms with Crippen molar-refractivity contribution >= 4 is 17.5 Å². The first-order valence-corrected chi connectivity index (χ1v) is 10.6. The van der Waals surface area contributed by atoms with Crippen LogP contribution >= 0.6 is 0 Å². The maximum absolute atomic E-state index is 13.5. The normalized spacial score (nSPS) is 12.6. The van der Waals surface area contributed by atoms with Crippen LogP contribution in [0.2, 0.25) is 0 Å². The van der Waals surface area contributed by atoms with Gasteiger partial charge in [-0.15, -0.1) is 0 Å². The molecular weight excluding hydrogens is 437 g/mol. The number of hydrogen-bond acceptors (Lipinski definition) is 6. The van der Waals surface area contributed by atoms with Crippen LogP contribution in [-0.2, 0) is 11.3 Å². The predicted molar refractivity (Wildman–Crippen MR) is 124 cm³/mol. The van der Waals surface area contributed by atoms with Gasteiger partial charge in [-0.25, -0.2) is 14.1 Å². The number of benzene rings is 2. The zero-order chi connectivity index (χ0) is 23.7. The van der Waals surface area contributed by atoms with E-state index in [4.69, 9.17) is 9.84 Å². The highest BCUT2D eigenvalue weighted by Gasteiger charge is 2.31. The Hall–Kier alpha value is -4.53. The Balaban J connectivity index is 1.52. The van der Waals surface area contributed by atoms with Crippen LogP contribution in [0.1, 0.15) is 10.4 Å². The lowest BCUT2D eigenvalue weighted by molar-refractivity contribution is -0.125. The molecule has 8 nitrogen and oxygen atoms in total. The second-order valence-corrected chi connectivity index (χ2v) is 7.67. The lowest BCUT2D eigenvalue weighted by Gasteiger charge is -2.29. The van der Waals surface area contributed by atoms with E-state index in [0.717, 1.165) is 16.7 Å². The van der Waals surface area contributed by atoms with Crippen molar-refractivity contribution in [2.75, 3.05) is 19.1 Å². The summed E-state index contributed by atoms with van der Waals surface area (Å²) < 4.78 is 20.4. The van der Waals surface area contributed by atoms with Gasteiger partial charge >= 0.3 is 5.91 Å². The molecule has 1 aliphatic heterocycles. The van der Waals surface area contributed by atoms with E-state index >= 15 is 0 Å². The zero-order valence-electron chi connectivity index (χ0n) is 18.2. The summed E-state index contributed by atoms with van der Waals surface area (Å²) in [6.07, 6.45) is 3.32. The number of amides is 1. The van der Waals surface area contributed by atoms with Crippen molar-refractivity contribution < 1.29 is 18.7 Å². The number of pyridine rings is 1. The van der Waals surface area contributed by atoms with Gasteiger partial charge < -0.3 is 4.74 Å². The average molecular weight is 457 g/mol. The first kappa shape index (κ1) is 21.3. The van der Waals surface area contributed by atoms with Crippen LogP contribution < -0.4 is 10.2 Å². The summed E-state index contributed by atoms with van der Waals surface area (Å²) in [7, 11) is 1.50. The number of rotatable bonds is 5. The third-order valence-corrected chi connectivity index (χ3v) is 5.59. The summed E-state index contributed by atoms with van der Waals surface area (Å²) in [5.74, 6) is -0.631. The van der Waals surface area contributed by atoms with Gasteiger partial charge in [0.2, 0.25) is 0 Å². The van der Waals surface area contributed by atoms with Crippen molar-refractivity contribution in [1.29, 1.82) is 0 Å². The highest BCUT2D eigenvalue weighted by atomic mass is 19.1. The number of hydrogen-bond donors (Lipinski definition) is 1. The van der Waals surface area contributed by atoms with E-state index in [-0.39, 0.29) is 17.9 Å². The third-order valence-electron chi connectivity index (χ3n) is 5.59. The van der Waals surface area contributed by atoms with Gasteiger partial charge in [0.15, 0.2) is 5.82 Å². The summed E-state index contributed by atoms with van der Waals surface area (Å²) >= 11 is 0. The number of hydrazine groups is 1. The number of ketones is 1. The lowest BCUT2D eigenvalue weighted by atomic mass is 10.0. The highest BCUT2D eigenvalue weighted by Crippen LogP contribution is 2.39. The maximum atomic E-state index is 13.5. The van der Waals surface area contributed by atoms with Crippen molar-refractivity contribution in [3.63, 3.8) is 0 Å². The smallest absolute Gasteiger partial charge is 0.313 e. The molecule has 0 radical (unpaired) electrons. The lowest BCUT2D eigenvalue weighted by Crippen LogP contribution is -2.46. The molecule has 2 aromatic carbocycles. The number of Topliss-reactive ketones (excluding diaryl/α,β-unsaturated/α-hetero) is 1. The topological polar surface area (TPSA) is 89.4 Å². The minimum Gasteiger partial charge on any atom is -0.497 e. The minimum atomic E-state index is -0.690. The van der Waals surface area contributed by atoms with Crippen LogP contribution in [0.3, 0.4) is 0 Å². The number of methoxy groups -OCH3 is 1. The van der Waals surface area contributed by atoms with Crippen molar-refractivity contribution in [3.8, 4) is 28.1 Å². The molecule has 2 aromatic heterocycles. The Labute approximate surface area is 194 Å². The summed E-state index contributed by atoms with van der Waals surface area (Å²) in [6.45, 7) is 0.612. The number of nitrogens with zero attached hydrogens (tertiary/aromatic N) is 4. The molecule has 5 rings (SSSR count). The number of nitrogens with one attached hydrogen (secondary N) is 1. The number of ether oxygens (including phenoxy) is 1. The summed E-state index contributed by atoms with van der Waals surface area (Å²) in [6, 6.07) is 16.2. The van der Waals surface area contributed by atoms with Crippen LogP contribution in [0.25, 0.3) is 22.4 Å². The second kappa shape index (κ2) is 8.78. The molecule has 0 bridgehead atoms. The molecule has 0 atom stereocenters. The second-order valence-electron chi connectivity index (χ2n) is 7.67. The number of halogens is 1. The first-order chi connectivity index (χ1) is 16.5. The molecule has 170 valence electrons. The maximum Gasteiger partial charge on any atom is 0.313 e. The fourth-order valence-electron chi connectivity index (χ4n) is 3.88. The van der Waals surface area contributed by atoms with Crippen LogP contribution in [0, 0.1) is 5.82 Å². The Morgan fingerprint density at radius 1 is 1.00 bits per heavy atom. The van der Waals surface area contributed by atoms with Gasteiger partial charge in [-0.1, -0.05) is 12.1 Å². The monoisotopic (exact) mass is 457 g/mol. The molecule has 1 N–H and O–H groups in total. The average Bonchev–Trinajstić information content (AvgIpc) is 3.27. The van der Waals surface area contributed by atoms with E-state index in [1.165, 1.54) is 30.3 Å². The number of aromatic nitrogens is 3. The van der Waals surface area contributed by atoms with Gasteiger partial charge in [-0.05, 0) is 54.1 Å². The van der Waals surface area contributed by atoms with Gasteiger partial charge in [-0.3, -0.25) is 20.0 Å². The fraction of sp³-hybridized carbons (Fsp3) is 0.120. The molecule has 34 heavy (non-hydrogen) atoms. The molecule has 0 saturated heterocycles. The van der Waals surface area contributed by atoms with Crippen molar-refractivity contribution in [2.45, 2.75) is 6.54 Å². The van der Waals surface area contributed by atoms with E-state index in [1.807, 2.05) is 12.1 Å². The molecule has 1 amide bonds. The Morgan fingerprint density at radius 3 is 2.50 bits per heavy atom. The molecule has 0 fully saturated rings. The van der Waals surface area contributed by atoms with Gasteiger partial charge in [0, 0.05) is 23.5 Å². The molecule has 0 saturated carbocycles. The van der Waals surface area contributed by atoms with Crippen molar-refractivity contribution in [3.05, 3.63) is 84.4 Å². The first-order valence-electron chi connectivity index (χ1n) is 10.6. The SMILES string of the molecule is COc1cccc(C(=O)C(=O)N2CCn3nc(-c4ccc(F)cc4)c(-c4ccncc4)c3N2)c1. The third kappa shape index (κ3) is 3.88. The fourth-order valence-corrected chi connectivity index (χ4v) is 3.88. The van der Waals surface area contributed by atoms with Gasteiger partial charge in [-0.2, -0.15) is 5.10 Å². The van der Waals surface area contributed by atoms with E-state index in [2.05, 4.69) is 10.4 Å². The largest absolute Gasteiger partial charge is 0.497 e. The van der Waals surface area contributed by atoms with E-state index in [1.54, 1.807) is 47.4 Å². The number of fused-ring (bicyclic) bond motifs is 1. The van der Waals surface area contributed by atoms with Crippen LogP contribution in [0.5, 0.6) is 5.75 Å². The molecule has 0 aliphatic carbocycles. The van der Waals surface area contributed by atoms with Gasteiger partial charge in [0.25, 0.3) is 5.78 Å². The standard InChI is InChI=1S/C25H20FN5O3/c1-34-20-4-2-3-18(15-20)23(32)25(33)31-14-13-30-24(29-31)21(16-9-11-27-12-10-16)22(28-30)17-5-7-19(26)8-6-17/h2-12,15,29H,13-14H2,1H3. The molecule has 1 aliphatic rings. The summed E-state index contributed by atoms with van der Waals surface area (Å²) in [5, 5.41) is 6.01.